The van der Waals surface area contributed by atoms with Crippen LogP contribution in [0.25, 0.3) is 0 Å². The van der Waals surface area contributed by atoms with Gasteiger partial charge in [0.15, 0.2) is 5.76 Å². The van der Waals surface area contributed by atoms with E-state index in [-0.39, 0.29) is 17.6 Å². The Morgan fingerprint density at radius 3 is 2.71 bits per heavy atom. The molecule has 1 aliphatic rings. The van der Waals surface area contributed by atoms with Crippen molar-refractivity contribution >= 4 is 5.91 Å². The van der Waals surface area contributed by atoms with Gasteiger partial charge in [0.2, 0.25) is 0 Å². The highest BCUT2D eigenvalue weighted by Gasteiger charge is 2.25. The van der Waals surface area contributed by atoms with Crippen molar-refractivity contribution in [3.63, 3.8) is 0 Å². The molecule has 1 fully saturated rings. The molecule has 1 aromatic heterocycles. The first-order valence-corrected chi connectivity index (χ1v) is 7.91. The Labute approximate surface area is 139 Å². The molecule has 1 N–H and O–H groups in total. The number of amides is 1. The topological polar surface area (TPSA) is 80.0 Å². The number of benzene rings is 1. The molecular formula is C18H19NO5. The van der Waals surface area contributed by atoms with Crippen LogP contribution >= 0.6 is 0 Å². The average molecular weight is 329 g/mol. The molecule has 1 atom stereocenters. The zero-order chi connectivity index (χ0) is 16.9. The van der Waals surface area contributed by atoms with Gasteiger partial charge in [0.05, 0.1) is 12.2 Å². The quantitative estimate of drug-likeness (QED) is 0.909. The predicted molar refractivity (Wildman–Crippen MR) is 86.8 cm³/mol. The number of aromatic hydroxyl groups is 1. The van der Waals surface area contributed by atoms with Crippen LogP contribution in [0.3, 0.4) is 0 Å². The van der Waals surface area contributed by atoms with Gasteiger partial charge in [-0.2, -0.15) is 0 Å². The maximum atomic E-state index is 12.8. The highest BCUT2D eigenvalue weighted by Crippen LogP contribution is 2.18. The van der Waals surface area contributed by atoms with E-state index in [1.54, 1.807) is 4.90 Å². The Hall–Kier alpha value is -2.60. The van der Waals surface area contributed by atoms with Gasteiger partial charge >= 0.3 is 5.63 Å². The molecule has 0 spiro atoms. The number of carbonyl (C=O) groups excluding carboxylic acids is 1. The average Bonchev–Trinajstić information content (AvgIpc) is 3.07. The van der Waals surface area contributed by atoms with E-state index in [1.807, 2.05) is 30.3 Å². The molecule has 1 amide bonds. The molecule has 0 radical (unpaired) electrons. The number of hydrogen-bond acceptors (Lipinski definition) is 5. The minimum absolute atomic E-state index is 0.0262. The Kier molecular flexibility index (Phi) is 4.96. The summed E-state index contributed by atoms with van der Waals surface area (Å²) in [6, 6.07) is 11.7. The maximum absolute atomic E-state index is 12.8. The molecule has 1 saturated heterocycles. The lowest BCUT2D eigenvalue weighted by molar-refractivity contribution is 0.0480. The largest absolute Gasteiger partial charge is 0.508 e. The zero-order valence-corrected chi connectivity index (χ0v) is 13.2. The number of nitrogens with zero attached hydrogens (tertiary/aromatic N) is 1. The van der Waals surface area contributed by atoms with Gasteiger partial charge in [-0.25, -0.2) is 4.79 Å². The van der Waals surface area contributed by atoms with Crippen LogP contribution in [0.5, 0.6) is 5.75 Å². The number of ether oxygens (including phenoxy) is 1. The Morgan fingerprint density at radius 2 is 2.04 bits per heavy atom. The molecule has 6 heteroatoms. The molecule has 2 aromatic rings. The van der Waals surface area contributed by atoms with Crippen LogP contribution in [-0.4, -0.2) is 35.2 Å². The predicted octanol–water partition coefficient (Wildman–Crippen LogP) is 2.17. The second kappa shape index (κ2) is 7.31. The summed E-state index contributed by atoms with van der Waals surface area (Å²) in [7, 11) is 0. The molecule has 126 valence electrons. The molecular weight excluding hydrogens is 310 g/mol. The van der Waals surface area contributed by atoms with Crippen LogP contribution < -0.4 is 5.63 Å². The van der Waals surface area contributed by atoms with Crippen molar-refractivity contribution in [2.24, 2.45) is 0 Å². The van der Waals surface area contributed by atoms with Crippen molar-refractivity contribution in [3.05, 3.63) is 64.2 Å². The second-order valence-electron chi connectivity index (χ2n) is 5.81. The fourth-order valence-electron chi connectivity index (χ4n) is 2.78. The van der Waals surface area contributed by atoms with E-state index in [4.69, 9.17) is 9.15 Å². The third-order valence-electron chi connectivity index (χ3n) is 3.92. The Balaban J connectivity index is 1.84. The molecule has 2 heterocycles. The van der Waals surface area contributed by atoms with E-state index in [2.05, 4.69) is 0 Å². The van der Waals surface area contributed by atoms with E-state index in [1.165, 1.54) is 0 Å². The minimum atomic E-state index is -0.755. The molecule has 24 heavy (non-hydrogen) atoms. The molecule has 6 nitrogen and oxygen atoms in total. The van der Waals surface area contributed by atoms with Crippen LogP contribution in [0.2, 0.25) is 0 Å². The lowest BCUT2D eigenvalue weighted by Gasteiger charge is -2.25. The number of hydrogen-bond donors (Lipinski definition) is 1. The molecule has 0 aliphatic carbocycles. The van der Waals surface area contributed by atoms with Crippen LogP contribution in [0.1, 0.15) is 29.0 Å². The van der Waals surface area contributed by atoms with Gasteiger partial charge in [-0.15, -0.1) is 0 Å². The summed E-state index contributed by atoms with van der Waals surface area (Å²) in [4.78, 5) is 25.8. The summed E-state index contributed by atoms with van der Waals surface area (Å²) in [6.07, 6.45) is 1.84. The first-order valence-electron chi connectivity index (χ1n) is 7.91. The van der Waals surface area contributed by atoms with Gasteiger partial charge in [0.1, 0.15) is 5.75 Å². The van der Waals surface area contributed by atoms with E-state index in [0.717, 1.165) is 30.5 Å². The molecule has 3 rings (SSSR count). The fraction of sp³-hybridized carbons (Fsp3) is 0.333. The van der Waals surface area contributed by atoms with E-state index >= 15 is 0 Å². The maximum Gasteiger partial charge on any atom is 0.340 e. The molecule has 1 aliphatic heterocycles. The second-order valence-corrected chi connectivity index (χ2v) is 5.81. The SMILES string of the molecule is O=C(c1cc(O)cc(=O)o1)N(Cc1ccccc1)CC1CCCO1. The van der Waals surface area contributed by atoms with Crippen molar-refractivity contribution < 1.29 is 19.1 Å². The minimum Gasteiger partial charge on any atom is -0.508 e. The third-order valence-corrected chi connectivity index (χ3v) is 3.92. The first kappa shape index (κ1) is 16.3. The fourth-order valence-corrected chi connectivity index (χ4v) is 2.78. The van der Waals surface area contributed by atoms with Gasteiger partial charge in [-0.1, -0.05) is 30.3 Å². The molecule has 0 saturated carbocycles. The van der Waals surface area contributed by atoms with Crippen LogP contribution in [-0.2, 0) is 11.3 Å². The highest BCUT2D eigenvalue weighted by molar-refractivity contribution is 5.91. The molecule has 0 bridgehead atoms. The highest BCUT2D eigenvalue weighted by atomic mass is 16.5. The van der Waals surface area contributed by atoms with Gasteiger partial charge in [-0.05, 0) is 18.4 Å². The van der Waals surface area contributed by atoms with Gasteiger partial charge in [-0.3, -0.25) is 4.79 Å². The van der Waals surface area contributed by atoms with Crippen molar-refractivity contribution in [1.29, 1.82) is 0 Å². The summed E-state index contributed by atoms with van der Waals surface area (Å²) < 4.78 is 10.6. The summed E-state index contributed by atoms with van der Waals surface area (Å²) in [5, 5.41) is 9.54. The molecule has 1 aromatic carbocycles. The lowest BCUT2D eigenvalue weighted by atomic mass is 10.1. The van der Waals surface area contributed by atoms with Crippen molar-refractivity contribution in [2.75, 3.05) is 13.2 Å². The van der Waals surface area contributed by atoms with Crippen molar-refractivity contribution in [2.45, 2.75) is 25.5 Å². The van der Waals surface area contributed by atoms with Crippen LogP contribution in [0, 0.1) is 0 Å². The summed E-state index contributed by atoms with van der Waals surface area (Å²) in [5.41, 5.74) is 0.210. The molecule has 1 unspecified atom stereocenters. The lowest BCUT2D eigenvalue weighted by Crippen LogP contribution is -2.37. The summed E-state index contributed by atoms with van der Waals surface area (Å²) >= 11 is 0. The number of carbonyl (C=O) groups is 1. The smallest absolute Gasteiger partial charge is 0.340 e. The van der Waals surface area contributed by atoms with Crippen molar-refractivity contribution in [1.82, 2.24) is 4.90 Å². The first-order chi connectivity index (χ1) is 11.6. The van der Waals surface area contributed by atoms with E-state index in [9.17, 15) is 14.7 Å². The van der Waals surface area contributed by atoms with E-state index < -0.39 is 11.5 Å². The van der Waals surface area contributed by atoms with E-state index in [0.29, 0.717) is 19.7 Å². The number of rotatable bonds is 5. The van der Waals surface area contributed by atoms with Gasteiger partial charge < -0.3 is 19.2 Å². The Morgan fingerprint density at radius 1 is 1.25 bits per heavy atom. The van der Waals surface area contributed by atoms with Gasteiger partial charge in [0, 0.05) is 25.8 Å². The standard InChI is InChI=1S/C18H19NO5/c20-14-9-16(24-17(21)10-14)18(22)19(12-15-7-4-8-23-15)11-13-5-2-1-3-6-13/h1-3,5-6,9-10,15,20H,4,7-8,11-12H2. The summed E-state index contributed by atoms with van der Waals surface area (Å²) in [6.45, 7) is 1.48. The Bertz CT molecular complexity index is 750. The summed E-state index contributed by atoms with van der Waals surface area (Å²) in [5.74, 6) is -0.900. The van der Waals surface area contributed by atoms with Crippen LogP contribution in [0.15, 0.2) is 51.7 Å². The van der Waals surface area contributed by atoms with Crippen molar-refractivity contribution in [3.8, 4) is 5.75 Å². The zero-order valence-electron chi connectivity index (χ0n) is 13.2. The third kappa shape index (κ3) is 4.02. The monoisotopic (exact) mass is 329 g/mol. The van der Waals surface area contributed by atoms with Crippen LogP contribution in [0.4, 0.5) is 0 Å². The normalized spacial score (nSPS) is 16.9. The van der Waals surface area contributed by atoms with Gasteiger partial charge in [0.25, 0.3) is 5.91 Å².